The summed E-state index contributed by atoms with van der Waals surface area (Å²) in [5.74, 6) is -1.15. The number of ether oxygens (including phenoxy) is 2. The molecule has 0 radical (unpaired) electrons. The molecule has 0 bridgehead atoms. The molecule has 0 rings (SSSR count). The Kier molecular flexibility index (Phi) is 5.06. The maximum Gasteiger partial charge on any atom is 0.339 e. The molecule has 0 aromatic heterocycles. The van der Waals surface area contributed by atoms with Crippen molar-refractivity contribution in [3.63, 3.8) is 0 Å². The first kappa shape index (κ1) is 12.2. The van der Waals surface area contributed by atoms with E-state index in [4.69, 9.17) is 5.73 Å². The largest absolute Gasteiger partial charge is 0.466 e. The maximum absolute atomic E-state index is 11.1. The lowest BCUT2D eigenvalue weighted by atomic mass is 10.2. The van der Waals surface area contributed by atoms with Crippen molar-refractivity contribution < 1.29 is 19.1 Å². The van der Waals surface area contributed by atoms with E-state index >= 15 is 0 Å². The third-order valence-corrected chi connectivity index (χ3v) is 1.42. The number of allylic oxidation sites excluding steroid dienone is 1. The number of hydrogen-bond donors (Lipinski definition) is 1. The molecule has 0 amide bonds. The summed E-state index contributed by atoms with van der Waals surface area (Å²) in [6, 6.07) is 0. The van der Waals surface area contributed by atoms with Gasteiger partial charge in [-0.1, -0.05) is 0 Å². The highest BCUT2D eigenvalue weighted by Crippen LogP contribution is 2.03. The molecule has 0 aliphatic carbocycles. The summed E-state index contributed by atoms with van der Waals surface area (Å²) in [6.45, 7) is 1.54. The quantitative estimate of drug-likeness (QED) is 0.397. The Hall–Kier alpha value is -1.78. The Morgan fingerprint density at radius 3 is 2.07 bits per heavy atom. The molecule has 0 spiro atoms. The first-order valence-electron chi connectivity index (χ1n) is 3.83. The zero-order chi connectivity index (χ0) is 11.1. The van der Waals surface area contributed by atoms with E-state index in [9.17, 15) is 9.59 Å². The van der Waals surface area contributed by atoms with E-state index in [1.165, 1.54) is 27.2 Å². The van der Waals surface area contributed by atoms with E-state index in [1.54, 1.807) is 0 Å². The fourth-order valence-electron chi connectivity index (χ4n) is 0.690. The van der Waals surface area contributed by atoms with Crippen molar-refractivity contribution in [2.45, 2.75) is 6.92 Å². The highest BCUT2D eigenvalue weighted by atomic mass is 16.5. The lowest BCUT2D eigenvalue weighted by Gasteiger charge is -2.01. The summed E-state index contributed by atoms with van der Waals surface area (Å²) >= 11 is 0. The first-order valence-corrected chi connectivity index (χ1v) is 3.83. The molecule has 0 aliphatic heterocycles. The Balaban J connectivity index is 4.74. The Morgan fingerprint density at radius 2 is 1.71 bits per heavy atom. The van der Waals surface area contributed by atoms with E-state index in [2.05, 4.69) is 9.47 Å². The average molecular weight is 199 g/mol. The summed E-state index contributed by atoms with van der Waals surface area (Å²) in [5.41, 5.74) is 5.83. The van der Waals surface area contributed by atoms with Gasteiger partial charge in [-0.15, -0.1) is 0 Å². The molecule has 0 saturated carbocycles. The molecular formula is C9H13NO4. The van der Waals surface area contributed by atoms with Gasteiger partial charge in [0, 0.05) is 11.8 Å². The van der Waals surface area contributed by atoms with Crippen LogP contribution in [-0.2, 0) is 19.1 Å². The summed E-state index contributed by atoms with van der Waals surface area (Å²) in [4.78, 5) is 21.8. The smallest absolute Gasteiger partial charge is 0.339 e. The zero-order valence-corrected chi connectivity index (χ0v) is 8.37. The predicted molar refractivity (Wildman–Crippen MR) is 50.1 cm³/mol. The Morgan fingerprint density at radius 1 is 1.14 bits per heavy atom. The second-order valence-corrected chi connectivity index (χ2v) is 2.44. The van der Waals surface area contributed by atoms with Gasteiger partial charge in [0.25, 0.3) is 0 Å². The number of methoxy groups -OCH3 is 2. The van der Waals surface area contributed by atoms with Gasteiger partial charge in [0.1, 0.15) is 0 Å². The van der Waals surface area contributed by atoms with Crippen LogP contribution in [0, 0.1) is 0 Å². The van der Waals surface area contributed by atoms with Crippen molar-refractivity contribution >= 4 is 11.9 Å². The fraction of sp³-hybridized carbons (Fsp3) is 0.333. The van der Waals surface area contributed by atoms with Crippen LogP contribution in [0.5, 0.6) is 0 Å². The highest BCUT2D eigenvalue weighted by molar-refractivity contribution is 5.94. The standard InChI is InChI=1S/C9H13NO4/c1-6(10)7(9(12)14-3)4-5-8(11)13-2/h4-5H,10H2,1-3H3/b5-4+,7-6+. The lowest BCUT2D eigenvalue weighted by Crippen LogP contribution is -2.09. The van der Waals surface area contributed by atoms with Crippen molar-refractivity contribution in [1.29, 1.82) is 0 Å². The third kappa shape index (κ3) is 3.75. The molecule has 5 heteroatoms. The van der Waals surface area contributed by atoms with Gasteiger partial charge >= 0.3 is 11.9 Å². The number of nitrogens with two attached hydrogens (primary N) is 1. The molecule has 0 aliphatic rings. The molecule has 0 heterocycles. The van der Waals surface area contributed by atoms with Crippen LogP contribution < -0.4 is 5.73 Å². The normalized spacial score (nSPS) is 12.2. The van der Waals surface area contributed by atoms with Crippen LogP contribution in [0.1, 0.15) is 6.92 Å². The molecular weight excluding hydrogens is 186 g/mol. The van der Waals surface area contributed by atoms with E-state index < -0.39 is 11.9 Å². The molecule has 5 nitrogen and oxygen atoms in total. The van der Waals surface area contributed by atoms with Crippen LogP contribution in [0.3, 0.4) is 0 Å². The summed E-state index contributed by atoms with van der Waals surface area (Å²) in [6.07, 6.45) is 2.36. The van der Waals surface area contributed by atoms with Crippen LogP contribution in [0.4, 0.5) is 0 Å². The molecule has 0 atom stereocenters. The maximum atomic E-state index is 11.1. The molecule has 0 unspecified atom stereocenters. The number of carbonyl (C=O) groups is 2. The summed E-state index contributed by atoms with van der Waals surface area (Å²) in [7, 11) is 2.47. The monoisotopic (exact) mass is 199 g/mol. The minimum atomic E-state index is -0.592. The van der Waals surface area contributed by atoms with Crippen LogP contribution in [-0.4, -0.2) is 26.2 Å². The molecule has 0 aromatic carbocycles. The van der Waals surface area contributed by atoms with Crippen molar-refractivity contribution in [3.05, 3.63) is 23.4 Å². The van der Waals surface area contributed by atoms with Crippen LogP contribution in [0.15, 0.2) is 23.4 Å². The highest BCUT2D eigenvalue weighted by Gasteiger charge is 2.08. The number of hydrogen-bond acceptors (Lipinski definition) is 5. The minimum Gasteiger partial charge on any atom is -0.466 e. The third-order valence-electron chi connectivity index (χ3n) is 1.42. The van der Waals surface area contributed by atoms with Crippen molar-refractivity contribution in [2.75, 3.05) is 14.2 Å². The van der Waals surface area contributed by atoms with Gasteiger partial charge in [0.05, 0.1) is 19.8 Å². The van der Waals surface area contributed by atoms with Gasteiger partial charge in [-0.2, -0.15) is 0 Å². The first-order chi connectivity index (χ1) is 6.52. The average Bonchev–Trinajstić information content (AvgIpc) is 2.16. The van der Waals surface area contributed by atoms with Gasteiger partial charge < -0.3 is 15.2 Å². The summed E-state index contributed by atoms with van der Waals surface area (Å²) < 4.78 is 8.81. The number of rotatable bonds is 3. The zero-order valence-electron chi connectivity index (χ0n) is 8.37. The molecule has 0 saturated heterocycles. The second kappa shape index (κ2) is 5.80. The van der Waals surface area contributed by atoms with Crippen LogP contribution in [0.25, 0.3) is 0 Å². The van der Waals surface area contributed by atoms with Gasteiger partial charge in [0.2, 0.25) is 0 Å². The number of carbonyl (C=O) groups excluding carboxylic acids is 2. The van der Waals surface area contributed by atoms with E-state index in [-0.39, 0.29) is 11.3 Å². The van der Waals surface area contributed by atoms with Crippen LogP contribution >= 0.6 is 0 Å². The molecule has 0 aromatic rings. The second-order valence-electron chi connectivity index (χ2n) is 2.44. The molecule has 0 fully saturated rings. The van der Waals surface area contributed by atoms with Crippen LogP contribution in [0.2, 0.25) is 0 Å². The van der Waals surface area contributed by atoms with E-state index in [0.29, 0.717) is 0 Å². The minimum absolute atomic E-state index is 0.137. The molecule has 78 valence electrons. The Bertz CT molecular complexity index is 287. The Labute approximate surface area is 82.2 Å². The van der Waals surface area contributed by atoms with Gasteiger partial charge in [-0.3, -0.25) is 0 Å². The van der Waals surface area contributed by atoms with Gasteiger partial charge in [-0.05, 0) is 13.0 Å². The van der Waals surface area contributed by atoms with Gasteiger partial charge in [0.15, 0.2) is 0 Å². The lowest BCUT2D eigenvalue weighted by molar-refractivity contribution is -0.135. The molecule has 14 heavy (non-hydrogen) atoms. The van der Waals surface area contributed by atoms with E-state index in [1.807, 2.05) is 0 Å². The van der Waals surface area contributed by atoms with Gasteiger partial charge in [-0.25, -0.2) is 9.59 Å². The number of esters is 2. The van der Waals surface area contributed by atoms with Crippen molar-refractivity contribution in [2.24, 2.45) is 5.73 Å². The predicted octanol–water partition coefficient (Wildman–Crippen LogP) is 0.121. The fourth-order valence-corrected chi connectivity index (χ4v) is 0.690. The van der Waals surface area contributed by atoms with Crippen molar-refractivity contribution in [1.82, 2.24) is 0 Å². The summed E-state index contributed by atoms with van der Waals surface area (Å²) in [5, 5.41) is 0. The topological polar surface area (TPSA) is 78.6 Å². The van der Waals surface area contributed by atoms with E-state index in [0.717, 1.165) is 6.08 Å². The SMILES string of the molecule is COC(=O)/C=C/C(C(=O)OC)=C(/C)N. The van der Waals surface area contributed by atoms with Crippen molar-refractivity contribution in [3.8, 4) is 0 Å². The molecule has 2 N–H and O–H groups in total.